The van der Waals surface area contributed by atoms with E-state index in [4.69, 9.17) is 0 Å². The van der Waals surface area contributed by atoms with Crippen molar-refractivity contribution < 1.29 is 4.79 Å². The number of likely N-dealkylation sites (tertiary alicyclic amines) is 1. The smallest absolute Gasteiger partial charge is 0.223 e. The van der Waals surface area contributed by atoms with Crippen LogP contribution in [0.1, 0.15) is 42.2 Å². The molecule has 0 bridgehead atoms. The minimum Gasteiger partial charge on any atom is -0.385 e. The quantitative estimate of drug-likeness (QED) is 0.779. The molecule has 5 nitrogen and oxygen atoms in total. The average molecular weight is 395 g/mol. The molecule has 1 saturated heterocycles. The monoisotopic (exact) mass is 394 g/mol. The van der Waals surface area contributed by atoms with E-state index in [0.29, 0.717) is 11.0 Å². The Hall–Kier alpha value is -2.36. The second-order valence-electron chi connectivity index (χ2n) is 7.53. The molecule has 1 aromatic heterocycles. The zero-order chi connectivity index (χ0) is 19.3. The SMILES string of the molecule is CC(=O)Nc1ncc(CN2CCC(C#Cc3ccc4c(c3)CCCN4)CC2)s1. The molecular formula is C22H26N4OS. The summed E-state index contributed by atoms with van der Waals surface area (Å²) in [5.41, 5.74) is 3.81. The van der Waals surface area contributed by atoms with Crippen LogP contribution in [-0.4, -0.2) is 35.4 Å². The molecule has 2 N–H and O–H groups in total. The van der Waals surface area contributed by atoms with Gasteiger partial charge >= 0.3 is 0 Å². The van der Waals surface area contributed by atoms with Gasteiger partial charge in [0.05, 0.1) is 0 Å². The first kappa shape index (κ1) is 19.0. The number of anilines is 2. The van der Waals surface area contributed by atoms with Gasteiger partial charge in [-0.1, -0.05) is 11.8 Å². The van der Waals surface area contributed by atoms with Crippen LogP contribution in [0, 0.1) is 17.8 Å². The van der Waals surface area contributed by atoms with Gasteiger partial charge in [-0.25, -0.2) is 4.98 Å². The van der Waals surface area contributed by atoms with Gasteiger partial charge in [-0.15, -0.1) is 11.3 Å². The Kier molecular flexibility index (Phi) is 5.94. The summed E-state index contributed by atoms with van der Waals surface area (Å²) in [7, 11) is 0. The number of rotatable bonds is 3. The molecule has 3 heterocycles. The molecule has 0 radical (unpaired) electrons. The third-order valence-electron chi connectivity index (χ3n) is 5.27. The molecule has 0 atom stereocenters. The van der Waals surface area contributed by atoms with Crippen molar-refractivity contribution in [1.82, 2.24) is 9.88 Å². The van der Waals surface area contributed by atoms with Crippen LogP contribution in [-0.2, 0) is 17.8 Å². The fourth-order valence-corrected chi connectivity index (χ4v) is 4.68. The Morgan fingerprint density at radius 1 is 1.39 bits per heavy atom. The number of aryl methyl sites for hydroxylation is 1. The summed E-state index contributed by atoms with van der Waals surface area (Å²) in [5, 5.41) is 6.89. The number of nitrogens with one attached hydrogen (secondary N) is 2. The van der Waals surface area contributed by atoms with E-state index < -0.39 is 0 Å². The second kappa shape index (κ2) is 8.76. The number of fused-ring (bicyclic) bond motifs is 1. The lowest BCUT2D eigenvalue weighted by Gasteiger charge is -2.29. The number of thiazole rings is 1. The Balaban J connectivity index is 1.28. The van der Waals surface area contributed by atoms with Crippen LogP contribution in [0.25, 0.3) is 0 Å². The third-order valence-corrected chi connectivity index (χ3v) is 6.17. The molecule has 0 aliphatic carbocycles. The molecule has 1 amide bonds. The van der Waals surface area contributed by atoms with Crippen LogP contribution >= 0.6 is 11.3 Å². The van der Waals surface area contributed by atoms with Crippen molar-refractivity contribution in [3.8, 4) is 11.8 Å². The average Bonchev–Trinajstić information content (AvgIpc) is 3.13. The van der Waals surface area contributed by atoms with Gasteiger partial charge in [0.25, 0.3) is 0 Å². The predicted molar refractivity (Wildman–Crippen MR) is 115 cm³/mol. The number of aromatic nitrogens is 1. The number of carbonyl (C=O) groups is 1. The predicted octanol–water partition coefficient (Wildman–Crippen LogP) is 3.72. The number of hydrogen-bond donors (Lipinski definition) is 2. The van der Waals surface area contributed by atoms with Gasteiger partial charge < -0.3 is 10.6 Å². The minimum atomic E-state index is -0.0736. The largest absolute Gasteiger partial charge is 0.385 e. The molecule has 1 fully saturated rings. The van der Waals surface area contributed by atoms with Crippen LogP contribution in [0.5, 0.6) is 0 Å². The van der Waals surface area contributed by atoms with Crippen molar-refractivity contribution in [2.75, 3.05) is 30.3 Å². The molecule has 28 heavy (non-hydrogen) atoms. The molecule has 0 spiro atoms. The molecule has 146 valence electrons. The summed E-state index contributed by atoms with van der Waals surface area (Å²) in [5.74, 6) is 7.31. The van der Waals surface area contributed by atoms with Crippen LogP contribution in [0.2, 0.25) is 0 Å². The molecule has 0 saturated carbocycles. The Bertz CT molecular complexity index is 903. The van der Waals surface area contributed by atoms with Crippen molar-refractivity contribution in [1.29, 1.82) is 0 Å². The highest BCUT2D eigenvalue weighted by molar-refractivity contribution is 7.15. The summed E-state index contributed by atoms with van der Waals surface area (Å²) < 4.78 is 0. The van der Waals surface area contributed by atoms with Crippen LogP contribution in [0.3, 0.4) is 0 Å². The van der Waals surface area contributed by atoms with Gasteiger partial charge in [0, 0.05) is 48.3 Å². The highest BCUT2D eigenvalue weighted by Crippen LogP contribution is 2.24. The highest BCUT2D eigenvalue weighted by Gasteiger charge is 2.18. The van der Waals surface area contributed by atoms with Gasteiger partial charge in [-0.2, -0.15) is 0 Å². The number of amides is 1. The summed E-state index contributed by atoms with van der Waals surface area (Å²) in [6.45, 7) is 5.59. The van der Waals surface area contributed by atoms with E-state index in [1.807, 2.05) is 6.20 Å². The van der Waals surface area contributed by atoms with E-state index in [1.54, 1.807) is 11.3 Å². The van der Waals surface area contributed by atoms with E-state index in [9.17, 15) is 4.79 Å². The standard InChI is InChI=1S/C22H26N4OS/c1-16(27)25-22-24-14-20(28-22)15-26-11-8-17(9-12-26)4-5-18-6-7-21-19(13-18)3-2-10-23-21/h6-7,13-14,17,23H,2-3,8-12,15H2,1H3,(H,24,25,27). The van der Waals surface area contributed by atoms with E-state index in [1.165, 1.54) is 29.5 Å². The highest BCUT2D eigenvalue weighted by atomic mass is 32.1. The summed E-state index contributed by atoms with van der Waals surface area (Å²) in [4.78, 5) is 19.0. The zero-order valence-corrected chi connectivity index (χ0v) is 17.1. The van der Waals surface area contributed by atoms with Gasteiger partial charge in [-0.05, 0) is 62.5 Å². The maximum Gasteiger partial charge on any atom is 0.223 e. The zero-order valence-electron chi connectivity index (χ0n) is 16.3. The number of piperidine rings is 1. The van der Waals surface area contributed by atoms with Crippen LogP contribution in [0.4, 0.5) is 10.8 Å². The van der Waals surface area contributed by atoms with E-state index in [2.05, 4.69) is 50.6 Å². The number of carbonyl (C=O) groups excluding carboxylic acids is 1. The van der Waals surface area contributed by atoms with Crippen molar-refractivity contribution >= 4 is 28.1 Å². The molecule has 2 aromatic rings. The van der Waals surface area contributed by atoms with Gasteiger partial charge in [0.1, 0.15) is 0 Å². The fourth-order valence-electron chi connectivity index (χ4n) is 3.78. The van der Waals surface area contributed by atoms with Gasteiger partial charge in [0.2, 0.25) is 5.91 Å². The molecule has 6 heteroatoms. The fraction of sp³-hybridized carbons (Fsp3) is 0.455. The summed E-state index contributed by atoms with van der Waals surface area (Å²) in [6.07, 6.45) is 6.44. The van der Waals surface area contributed by atoms with Crippen molar-refractivity contribution in [2.45, 2.75) is 39.2 Å². The van der Waals surface area contributed by atoms with Crippen LogP contribution in [0.15, 0.2) is 24.4 Å². The second-order valence-corrected chi connectivity index (χ2v) is 8.65. The van der Waals surface area contributed by atoms with Gasteiger partial charge in [-0.3, -0.25) is 9.69 Å². The Labute approximate surface area is 170 Å². The lowest BCUT2D eigenvalue weighted by molar-refractivity contribution is -0.114. The lowest BCUT2D eigenvalue weighted by Crippen LogP contribution is -2.32. The van der Waals surface area contributed by atoms with E-state index in [-0.39, 0.29) is 5.91 Å². The number of nitrogens with zero attached hydrogens (tertiary/aromatic N) is 2. The first-order chi connectivity index (χ1) is 13.7. The minimum absolute atomic E-state index is 0.0736. The first-order valence-electron chi connectivity index (χ1n) is 9.99. The molecule has 1 aromatic carbocycles. The van der Waals surface area contributed by atoms with Crippen molar-refractivity contribution in [2.24, 2.45) is 5.92 Å². The van der Waals surface area contributed by atoms with Crippen molar-refractivity contribution in [3.05, 3.63) is 40.4 Å². The Morgan fingerprint density at radius 3 is 3.07 bits per heavy atom. The number of hydrogen-bond acceptors (Lipinski definition) is 5. The first-order valence-corrected chi connectivity index (χ1v) is 10.8. The molecule has 2 aliphatic rings. The lowest BCUT2D eigenvalue weighted by atomic mass is 9.96. The Morgan fingerprint density at radius 2 is 2.25 bits per heavy atom. The molecule has 0 unspecified atom stereocenters. The number of benzene rings is 1. The van der Waals surface area contributed by atoms with Gasteiger partial charge in [0.15, 0.2) is 5.13 Å². The topological polar surface area (TPSA) is 57.3 Å². The maximum absolute atomic E-state index is 11.1. The summed E-state index contributed by atoms with van der Waals surface area (Å²) >= 11 is 1.56. The van der Waals surface area contributed by atoms with Crippen LogP contribution < -0.4 is 10.6 Å². The van der Waals surface area contributed by atoms with E-state index in [0.717, 1.165) is 51.0 Å². The summed E-state index contributed by atoms with van der Waals surface area (Å²) in [6, 6.07) is 6.56. The van der Waals surface area contributed by atoms with E-state index >= 15 is 0 Å². The third kappa shape index (κ3) is 4.92. The maximum atomic E-state index is 11.1. The normalized spacial score (nSPS) is 17.2. The molecule has 2 aliphatic heterocycles. The van der Waals surface area contributed by atoms with Crippen molar-refractivity contribution in [3.63, 3.8) is 0 Å². The molecular weight excluding hydrogens is 368 g/mol. The molecule has 4 rings (SSSR count).